The highest BCUT2D eigenvalue weighted by Crippen LogP contribution is 2.23. The van der Waals surface area contributed by atoms with Crippen LogP contribution in [0.2, 0.25) is 0 Å². The van der Waals surface area contributed by atoms with E-state index in [1.807, 2.05) is 6.07 Å². The SMILES string of the molecule is COc1ccc(NC2CCN(C)CC2)cc1C. The summed E-state index contributed by atoms with van der Waals surface area (Å²) in [6.07, 6.45) is 2.45. The van der Waals surface area contributed by atoms with Gasteiger partial charge in [-0.1, -0.05) is 0 Å². The molecule has 0 radical (unpaired) electrons. The zero-order valence-electron chi connectivity index (χ0n) is 11.0. The standard InChI is InChI=1S/C14H22N2O/c1-11-10-13(4-5-14(11)17-3)15-12-6-8-16(2)9-7-12/h4-5,10,12,15H,6-9H2,1-3H3. The van der Waals surface area contributed by atoms with Crippen LogP contribution in [0.1, 0.15) is 18.4 Å². The van der Waals surface area contributed by atoms with Gasteiger partial charge in [-0.3, -0.25) is 0 Å². The molecule has 1 aliphatic rings. The predicted molar refractivity (Wildman–Crippen MR) is 71.9 cm³/mol. The Bertz CT molecular complexity index is 370. The van der Waals surface area contributed by atoms with Crippen LogP contribution in [-0.4, -0.2) is 38.2 Å². The van der Waals surface area contributed by atoms with E-state index in [0.29, 0.717) is 6.04 Å². The molecule has 2 rings (SSSR count). The number of anilines is 1. The molecule has 1 heterocycles. The quantitative estimate of drug-likeness (QED) is 0.869. The molecule has 1 aromatic carbocycles. The number of piperidine rings is 1. The number of ether oxygens (including phenoxy) is 1. The molecule has 1 saturated heterocycles. The molecular formula is C14H22N2O. The fourth-order valence-electron chi connectivity index (χ4n) is 2.36. The highest BCUT2D eigenvalue weighted by molar-refractivity contribution is 5.51. The van der Waals surface area contributed by atoms with Gasteiger partial charge in [0.25, 0.3) is 0 Å². The summed E-state index contributed by atoms with van der Waals surface area (Å²) < 4.78 is 5.27. The summed E-state index contributed by atoms with van der Waals surface area (Å²) in [7, 11) is 3.90. The molecule has 0 bridgehead atoms. The molecule has 1 N–H and O–H groups in total. The van der Waals surface area contributed by atoms with Crippen LogP contribution in [0.3, 0.4) is 0 Å². The van der Waals surface area contributed by atoms with E-state index < -0.39 is 0 Å². The van der Waals surface area contributed by atoms with Gasteiger partial charge in [0.15, 0.2) is 0 Å². The largest absolute Gasteiger partial charge is 0.496 e. The number of rotatable bonds is 3. The van der Waals surface area contributed by atoms with E-state index in [4.69, 9.17) is 4.74 Å². The maximum Gasteiger partial charge on any atom is 0.121 e. The predicted octanol–water partition coefficient (Wildman–Crippen LogP) is 2.51. The van der Waals surface area contributed by atoms with E-state index >= 15 is 0 Å². The summed E-state index contributed by atoms with van der Waals surface area (Å²) in [6.45, 7) is 4.46. The average Bonchev–Trinajstić information content (AvgIpc) is 2.32. The highest BCUT2D eigenvalue weighted by atomic mass is 16.5. The Morgan fingerprint density at radius 1 is 1.29 bits per heavy atom. The van der Waals surface area contributed by atoms with Crippen LogP contribution in [-0.2, 0) is 0 Å². The second-order valence-electron chi connectivity index (χ2n) is 4.91. The van der Waals surface area contributed by atoms with Gasteiger partial charge in [0.2, 0.25) is 0 Å². The fourth-order valence-corrected chi connectivity index (χ4v) is 2.36. The summed E-state index contributed by atoms with van der Waals surface area (Å²) in [5.74, 6) is 0.957. The van der Waals surface area contributed by atoms with E-state index in [9.17, 15) is 0 Å². The number of nitrogens with zero attached hydrogens (tertiary/aromatic N) is 1. The molecule has 17 heavy (non-hydrogen) atoms. The second-order valence-corrected chi connectivity index (χ2v) is 4.91. The van der Waals surface area contributed by atoms with Crippen LogP contribution in [0, 0.1) is 6.92 Å². The van der Waals surface area contributed by atoms with Crippen molar-refractivity contribution < 1.29 is 4.74 Å². The Kier molecular flexibility index (Phi) is 3.89. The van der Waals surface area contributed by atoms with Crippen LogP contribution in [0.25, 0.3) is 0 Å². The monoisotopic (exact) mass is 234 g/mol. The summed E-state index contributed by atoms with van der Waals surface area (Å²) >= 11 is 0. The first kappa shape index (κ1) is 12.2. The van der Waals surface area contributed by atoms with Crippen molar-refractivity contribution >= 4 is 5.69 Å². The third-order valence-corrected chi connectivity index (χ3v) is 3.48. The van der Waals surface area contributed by atoms with Gasteiger partial charge in [-0.25, -0.2) is 0 Å². The van der Waals surface area contributed by atoms with Crippen molar-refractivity contribution in [2.45, 2.75) is 25.8 Å². The molecule has 3 nitrogen and oxygen atoms in total. The highest BCUT2D eigenvalue weighted by Gasteiger charge is 2.16. The van der Waals surface area contributed by atoms with Crippen molar-refractivity contribution in [2.24, 2.45) is 0 Å². The Morgan fingerprint density at radius 3 is 2.59 bits per heavy atom. The molecule has 0 atom stereocenters. The van der Waals surface area contributed by atoms with E-state index in [2.05, 4.69) is 36.3 Å². The van der Waals surface area contributed by atoms with Crippen molar-refractivity contribution in [3.8, 4) is 5.75 Å². The summed E-state index contributed by atoms with van der Waals surface area (Å²) in [5.41, 5.74) is 2.39. The lowest BCUT2D eigenvalue weighted by molar-refractivity contribution is 0.264. The van der Waals surface area contributed by atoms with Crippen LogP contribution >= 0.6 is 0 Å². The second kappa shape index (κ2) is 5.41. The minimum atomic E-state index is 0.610. The van der Waals surface area contributed by atoms with Gasteiger partial charge in [0, 0.05) is 11.7 Å². The van der Waals surface area contributed by atoms with Crippen molar-refractivity contribution in [3.63, 3.8) is 0 Å². The van der Waals surface area contributed by atoms with Crippen LogP contribution in [0.15, 0.2) is 18.2 Å². The molecule has 1 aliphatic heterocycles. The lowest BCUT2D eigenvalue weighted by Crippen LogP contribution is -2.36. The Morgan fingerprint density at radius 2 is 2.00 bits per heavy atom. The van der Waals surface area contributed by atoms with E-state index in [-0.39, 0.29) is 0 Å². The molecular weight excluding hydrogens is 212 g/mol. The van der Waals surface area contributed by atoms with Crippen LogP contribution in [0.5, 0.6) is 5.75 Å². The normalized spacial score (nSPS) is 18.1. The average molecular weight is 234 g/mol. The molecule has 0 aromatic heterocycles. The molecule has 1 aromatic rings. The van der Waals surface area contributed by atoms with Crippen molar-refractivity contribution in [2.75, 3.05) is 32.6 Å². The zero-order chi connectivity index (χ0) is 12.3. The number of hydrogen-bond acceptors (Lipinski definition) is 3. The smallest absolute Gasteiger partial charge is 0.121 e. The van der Waals surface area contributed by atoms with E-state index in [0.717, 1.165) is 5.75 Å². The fraction of sp³-hybridized carbons (Fsp3) is 0.571. The van der Waals surface area contributed by atoms with Gasteiger partial charge in [-0.15, -0.1) is 0 Å². The molecule has 94 valence electrons. The van der Waals surface area contributed by atoms with Crippen molar-refractivity contribution in [3.05, 3.63) is 23.8 Å². The third-order valence-electron chi connectivity index (χ3n) is 3.48. The van der Waals surface area contributed by atoms with E-state index in [1.54, 1.807) is 7.11 Å². The first-order valence-electron chi connectivity index (χ1n) is 6.29. The topological polar surface area (TPSA) is 24.5 Å². The summed E-state index contributed by atoms with van der Waals surface area (Å²) in [5, 5.41) is 3.61. The van der Waals surface area contributed by atoms with Gasteiger partial charge in [-0.05, 0) is 63.7 Å². The van der Waals surface area contributed by atoms with Gasteiger partial charge >= 0.3 is 0 Å². The molecule has 1 fully saturated rings. The van der Waals surface area contributed by atoms with Gasteiger partial charge in [0.1, 0.15) is 5.75 Å². The summed E-state index contributed by atoms with van der Waals surface area (Å²) in [4.78, 5) is 2.39. The number of methoxy groups -OCH3 is 1. The number of hydrogen-bond donors (Lipinski definition) is 1. The van der Waals surface area contributed by atoms with Crippen LogP contribution in [0.4, 0.5) is 5.69 Å². The Hall–Kier alpha value is -1.22. The van der Waals surface area contributed by atoms with Crippen molar-refractivity contribution in [1.29, 1.82) is 0 Å². The minimum Gasteiger partial charge on any atom is -0.496 e. The third kappa shape index (κ3) is 3.13. The number of nitrogens with one attached hydrogen (secondary N) is 1. The minimum absolute atomic E-state index is 0.610. The first-order valence-corrected chi connectivity index (χ1v) is 6.29. The lowest BCUT2D eigenvalue weighted by Gasteiger charge is -2.30. The lowest BCUT2D eigenvalue weighted by atomic mass is 10.0. The molecule has 0 spiro atoms. The van der Waals surface area contributed by atoms with Gasteiger partial charge in [-0.2, -0.15) is 0 Å². The maximum absolute atomic E-state index is 5.27. The van der Waals surface area contributed by atoms with Gasteiger partial charge < -0.3 is 15.0 Å². The summed E-state index contributed by atoms with van der Waals surface area (Å²) in [6, 6.07) is 6.91. The maximum atomic E-state index is 5.27. The van der Waals surface area contributed by atoms with Gasteiger partial charge in [0.05, 0.1) is 7.11 Å². The van der Waals surface area contributed by atoms with E-state index in [1.165, 1.54) is 37.2 Å². The number of benzene rings is 1. The first-order chi connectivity index (χ1) is 8.19. The molecule has 0 aliphatic carbocycles. The molecule has 0 unspecified atom stereocenters. The Balaban J connectivity index is 1.97. The number of aryl methyl sites for hydroxylation is 1. The zero-order valence-corrected chi connectivity index (χ0v) is 11.0. The molecule has 3 heteroatoms. The van der Waals surface area contributed by atoms with Crippen LogP contribution < -0.4 is 10.1 Å². The molecule has 0 amide bonds. The van der Waals surface area contributed by atoms with Crippen molar-refractivity contribution in [1.82, 2.24) is 4.90 Å². The number of likely N-dealkylation sites (tertiary alicyclic amines) is 1. The Labute approximate surface area is 104 Å². The molecule has 0 saturated carbocycles.